The van der Waals surface area contributed by atoms with Crippen LogP contribution in [-0.4, -0.2) is 0 Å². The van der Waals surface area contributed by atoms with Gasteiger partial charge in [-0.15, -0.1) is 0 Å². The molecule has 0 spiro atoms. The second-order valence-corrected chi connectivity index (χ2v) is 17.5. The fraction of sp³-hybridized carbons (Fsp3) is 0.108. The summed E-state index contributed by atoms with van der Waals surface area (Å²) in [6, 6.07) is 75.2. The predicted octanol–water partition coefficient (Wildman–Crippen LogP) is 18.2. The van der Waals surface area contributed by atoms with Crippen molar-refractivity contribution in [3.8, 4) is 89.0 Å². The lowest BCUT2D eigenvalue weighted by molar-refractivity contribution is 0.798. The van der Waals surface area contributed by atoms with E-state index in [0.717, 1.165) is 19.3 Å². The molecule has 0 saturated carbocycles. The van der Waals surface area contributed by atoms with Crippen molar-refractivity contribution >= 4 is 5.57 Å². The van der Waals surface area contributed by atoms with Gasteiger partial charge >= 0.3 is 0 Å². The average molecular weight is 833 g/mol. The lowest BCUT2D eigenvalue weighted by Gasteiger charge is -2.15. The van der Waals surface area contributed by atoms with E-state index in [9.17, 15) is 0 Å². The molecule has 0 aliphatic heterocycles. The van der Waals surface area contributed by atoms with Gasteiger partial charge in [0.1, 0.15) is 0 Å². The van der Waals surface area contributed by atoms with Gasteiger partial charge in [-0.3, -0.25) is 0 Å². The molecule has 0 N–H and O–H groups in total. The highest BCUT2D eigenvalue weighted by atomic mass is 14.3. The largest absolute Gasteiger partial charge is 0.0801 e. The second kappa shape index (κ2) is 17.2. The summed E-state index contributed by atoms with van der Waals surface area (Å²) in [4.78, 5) is 0. The van der Waals surface area contributed by atoms with Gasteiger partial charge in [-0.25, -0.2) is 0 Å². The van der Waals surface area contributed by atoms with E-state index in [2.05, 4.69) is 225 Å². The fourth-order valence-corrected chi connectivity index (χ4v) is 10.6. The molecule has 1 unspecified atom stereocenters. The average Bonchev–Trinajstić information content (AvgIpc) is 4.13. The number of hydrogen-bond donors (Lipinski definition) is 0. The molecule has 12 rings (SSSR count). The van der Waals surface area contributed by atoms with Crippen LogP contribution in [-0.2, 0) is 6.42 Å². The van der Waals surface area contributed by atoms with E-state index in [1.165, 1.54) is 122 Å². The highest BCUT2D eigenvalue weighted by molar-refractivity contribution is 5.89. The Labute approximate surface area is 385 Å². The normalized spacial score (nSPS) is 13.9. The van der Waals surface area contributed by atoms with Crippen LogP contribution >= 0.6 is 0 Å². The Morgan fingerprint density at radius 2 is 0.723 bits per heavy atom. The van der Waals surface area contributed by atoms with Gasteiger partial charge in [0, 0.05) is 5.92 Å². The molecule has 65 heavy (non-hydrogen) atoms. The second-order valence-electron chi connectivity index (χ2n) is 17.5. The van der Waals surface area contributed by atoms with Gasteiger partial charge < -0.3 is 0 Å². The maximum Gasteiger partial charge on any atom is 0.00994 e. The summed E-state index contributed by atoms with van der Waals surface area (Å²) >= 11 is 0. The monoisotopic (exact) mass is 832 g/mol. The molecule has 9 aromatic carbocycles. The molecule has 0 fully saturated rings. The first kappa shape index (κ1) is 40.2. The number of rotatable bonds is 8. The third-order valence-electron chi connectivity index (χ3n) is 13.8. The SMILES string of the molecule is CC.CCC1c2cc(-c3cc(C4=CC=CC4)cc(-c4ccccc4)c3)ccc2-c2ccc(-c3ccc4c(c3)Cc3cc(-c5cc(-c6ccccc6)cc(-c6ccccc6)c5)ccc3-4)cc21. The Kier molecular flexibility index (Phi) is 10.7. The molecule has 3 aliphatic carbocycles. The molecular formula is C65H52. The number of allylic oxidation sites excluding steroid dienone is 4. The van der Waals surface area contributed by atoms with Crippen molar-refractivity contribution in [2.45, 2.75) is 46.0 Å². The Morgan fingerprint density at radius 1 is 0.354 bits per heavy atom. The Morgan fingerprint density at radius 3 is 1.14 bits per heavy atom. The minimum atomic E-state index is 0.355. The smallest absolute Gasteiger partial charge is 0.00994 e. The van der Waals surface area contributed by atoms with Crippen molar-refractivity contribution < 1.29 is 0 Å². The van der Waals surface area contributed by atoms with Crippen LogP contribution in [0.4, 0.5) is 0 Å². The zero-order chi connectivity index (χ0) is 43.9. The summed E-state index contributed by atoms with van der Waals surface area (Å²) in [5, 5.41) is 0. The Balaban J connectivity index is 0.00000231. The van der Waals surface area contributed by atoms with Gasteiger partial charge in [0.05, 0.1) is 0 Å². The van der Waals surface area contributed by atoms with Gasteiger partial charge in [-0.1, -0.05) is 191 Å². The van der Waals surface area contributed by atoms with E-state index in [-0.39, 0.29) is 0 Å². The molecule has 1 atom stereocenters. The number of fused-ring (bicyclic) bond motifs is 6. The topological polar surface area (TPSA) is 0 Å². The highest BCUT2D eigenvalue weighted by Gasteiger charge is 2.29. The standard InChI is InChI=1S/C63H46.C2H6/c1-2-57-62-39-47(24-28-60(62)61-29-25-48(40-63(57)61)54-36-51(43-18-10-5-11-19-43)33-52(37-54)44-20-12-13-21-44)45-22-26-58-55(30-45)38-56-31-46(23-27-59(56)58)53-34-49(41-14-6-3-7-15-41)32-50(35-53)42-16-8-4-9-17-42;1-2/h3-20,22-37,39-40,57H,2,21,38H2,1H3;1-2H3. The van der Waals surface area contributed by atoms with Crippen molar-refractivity contribution in [2.75, 3.05) is 0 Å². The minimum Gasteiger partial charge on any atom is -0.0801 e. The van der Waals surface area contributed by atoms with Crippen LogP contribution < -0.4 is 0 Å². The van der Waals surface area contributed by atoms with Crippen LogP contribution in [0.3, 0.4) is 0 Å². The van der Waals surface area contributed by atoms with Crippen molar-refractivity contribution in [3.05, 3.63) is 246 Å². The third kappa shape index (κ3) is 7.50. The van der Waals surface area contributed by atoms with Crippen LogP contribution in [0.5, 0.6) is 0 Å². The summed E-state index contributed by atoms with van der Waals surface area (Å²) < 4.78 is 0. The van der Waals surface area contributed by atoms with Crippen molar-refractivity contribution in [3.63, 3.8) is 0 Å². The molecule has 0 saturated heterocycles. The van der Waals surface area contributed by atoms with Crippen LogP contribution in [0.25, 0.3) is 94.6 Å². The van der Waals surface area contributed by atoms with E-state index in [4.69, 9.17) is 0 Å². The molecule has 0 radical (unpaired) electrons. The first-order valence-corrected chi connectivity index (χ1v) is 23.5. The summed E-state index contributed by atoms with van der Waals surface area (Å²) in [5.74, 6) is 0.355. The summed E-state index contributed by atoms with van der Waals surface area (Å²) in [7, 11) is 0. The Bertz CT molecular complexity index is 3230. The van der Waals surface area contributed by atoms with E-state index in [1.54, 1.807) is 0 Å². The molecule has 0 aromatic heterocycles. The first-order valence-electron chi connectivity index (χ1n) is 23.5. The number of hydrogen-bond acceptors (Lipinski definition) is 0. The fourth-order valence-electron chi connectivity index (χ4n) is 10.6. The van der Waals surface area contributed by atoms with Gasteiger partial charge in [0.2, 0.25) is 0 Å². The summed E-state index contributed by atoms with van der Waals surface area (Å²) in [5.41, 5.74) is 29.0. The number of benzene rings is 9. The molecule has 0 nitrogen and oxygen atoms in total. The van der Waals surface area contributed by atoms with Crippen LogP contribution in [0.2, 0.25) is 0 Å². The van der Waals surface area contributed by atoms with Crippen LogP contribution in [0.1, 0.15) is 67.3 Å². The van der Waals surface area contributed by atoms with E-state index < -0.39 is 0 Å². The third-order valence-corrected chi connectivity index (χ3v) is 13.8. The highest BCUT2D eigenvalue weighted by Crippen LogP contribution is 2.50. The Hall–Kier alpha value is -7.54. The maximum atomic E-state index is 2.49. The zero-order valence-corrected chi connectivity index (χ0v) is 37.5. The molecule has 0 heteroatoms. The molecule has 0 bridgehead atoms. The molecular weight excluding hydrogens is 781 g/mol. The molecule has 0 amide bonds. The lowest BCUT2D eigenvalue weighted by Crippen LogP contribution is -1.96. The minimum absolute atomic E-state index is 0.355. The quantitative estimate of drug-likeness (QED) is 0.143. The van der Waals surface area contributed by atoms with Crippen LogP contribution in [0.15, 0.2) is 218 Å². The van der Waals surface area contributed by atoms with Gasteiger partial charge in [0.15, 0.2) is 0 Å². The molecule has 312 valence electrons. The summed E-state index contributed by atoms with van der Waals surface area (Å²) in [6.45, 7) is 6.35. The summed E-state index contributed by atoms with van der Waals surface area (Å²) in [6.07, 6.45) is 9.68. The van der Waals surface area contributed by atoms with E-state index >= 15 is 0 Å². The predicted molar refractivity (Wildman–Crippen MR) is 278 cm³/mol. The first-order chi connectivity index (χ1) is 32.1. The lowest BCUT2D eigenvalue weighted by atomic mass is 9.89. The molecule has 9 aromatic rings. The van der Waals surface area contributed by atoms with Crippen molar-refractivity contribution in [2.24, 2.45) is 0 Å². The van der Waals surface area contributed by atoms with Crippen LogP contribution in [0, 0.1) is 0 Å². The molecule has 3 aliphatic rings. The van der Waals surface area contributed by atoms with Gasteiger partial charge in [0.25, 0.3) is 0 Å². The van der Waals surface area contributed by atoms with Gasteiger partial charge in [-0.2, -0.15) is 0 Å². The van der Waals surface area contributed by atoms with Gasteiger partial charge in [-0.05, 0) is 190 Å². The molecule has 0 heterocycles. The van der Waals surface area contributed by atoms with Crippen molar-refractivity contribution in [1.29, 1.82) is 0 Å². The van der Waals surface area contributed by atoms with Crippen molar-refractivity contribution in [1.82, 2.24) is 0 Å². The maximum absolute atomic E-state index is 2.49. The van der Waals surface area contributed by atoms with E-state index in [1.807, 2.05) is 13.8 Å². The van der Waals surface area contributed by atoms with E-state index in [0.29, 0.717) is 5.92 Å². The zero-order valence-electron chi connectivity index (χ0n) is 37.5.